The summed E-state index contributed by atoms with van der Waals surface area (Å²) in [5.74, 6) is 0.249. The normalized spacial score (nSPS) is 10.2. The van der Waals surface area contributed by atoms with Crippen LogP contribution in [0, 0.1) is 10.1 Å². The molecular formula is C21H18N2O4. The molecule has 0 fully saturated rings. The van der Waals surface area contributed by atoms with E-state index in [1.54, 1.807) is 6.07 Å². The molecule has 0 aromatic heterocycles. The first-order valence-corrected chi connectivity index (χ1v) is 8.41. The molecule has 0 spiro atoms. The van der Waals surface area contributed by atoms with Crippen LogP contribution >= 0.6 is 0 Å². The van der Waals surface area contributed by atoms with Gasteiger partial charge in [-0.15, -0.1) is 0 Å². The number of rotatable bonds is 7. The quantitative estimate of drug-likeness (QED) is 0.507. The van der Waals surface area contributed by atoms with Crippen LogP contribution in [0.2, 0.25) is 0 Å². The highest BCUT2D eigenvalue weighted by atomic mass is 16.6. The van der Waals surface area contributed by atoms with Crippen molar-refractivity contribution in [3.8, 4) is 5.75 Å². The number of carbonyl (C=O) groups excluding carboxylic acids is 1. The summed E-state index contributed by atoms with van der Waals surface area (Å²) in [4.78, 5) is 22.7. The Kier molecular flexibility index (Phi) is 5.79. The van der Waals surface area contributed by atoms with E-state index in [0.717, 1.165) is 16.9 Å². The summed E-state index contributed by atoms with van der Waals surface area (Å²) >= 11 is 0. The Morgan fingerprint density at radius 3 is 2.26 bits per heavy atom. The molecule has 0 aliphatic rings. The number of ether oxygens (including phenoxy) is 1. The summed E-state index contributed by atoms with van der Waals surface area (Å²) in [6.07, 6.45) is 0. The van der Waals surface area contributed by atoms with Gasteiger partial charge in [0.2, 0.25) is 0 Å². The highest BCUT2D eigenvalue weighted by Crippen LogP contribution is 2.18. The topological polar surface area (TPSA) is 81.5 Å². The molecule has 0 saturated heterocycles. The van der Waals surface area contributed by atoms with E-state index in [2.05, 4.69) is 5.32 Å². The minimum Gasteiger partial charge on any atom is -0.489 e. The third-order valence-corrected chi connectivity index (χ3v) is 3.97. The third-order valence-electron chi connectivity index (χ3n) is 3.97. The van der Waals surface area contributed by atoms with Crippen molar-refractivity contribution < 1.29 is 14.5 Å². The number of benzene rings is 3. The highest BCUT2D eigenvalue weighted by Gasteiger charge is 2.18. The Hall–Kier alpha value is -3.67. The average molecular weight is 362 g/mol. The molecule has 3 aromatic rings. The second-order valence-electron chi connectivity index (χ2n) is 5.88. The number of nitrogens with one attached hydrogen (secondary N) is 1. The Bertz CT molecular complexity index is 924. The fraction of sp³-hybridized carbons (Fsp3) is 0.0952. The number of amides is 1. The van der Waals surface area contributed by atoms with Crippen molar-refractivity contribution in [3.05, 3.63) is 106 Å². The molecule has 6 nitrogen and oxygen atoms in total. The molecule has 3 aromatic carbocycles. The van der Waals surface area contributed by atoms with Gasteiger partial charge in [0.15, 0.2) is 0 Å². The van der Waals surface area contributed by atoms with E-state index in [1.165, 1.54) is 18.2 Å². The van der Waals surface area contributed by atoms with Crippen molar-refractivity contribution in [2.75, 3.05) is 0 Å². The molecule has 136 valence electrons. The van der Waals surface area contributed by atoms with Crippen LogP contribution in [0.3, 0.4) is 0 Å². The summed E-state index contributed by atoms with van der Waals surface area (Å²) < 4.78 is 5.72. The van der Waals surface area contributed by atoms with E-state index in [1.807, 2.05) is 54.6 Å². The summed E-state index contributed by atoms with van der Waals surface area (Å²) in [5, 5.41) is 13.7. The smallest absolute Gasteiger partial charge is 0.282 e. The van der Waals surface area contributed by atoms with E-state index in [4.69, 9.17) is 4.74 Å². The van der Waals surface area contributed by atoms with Crippen molar-refractivity contribution >= 4 is 11.6 Å². The summed E-state index contributed by atoms with van der Waals surface area (Å²) in [6, 6.07) is 23.1. The maximum Gasteiger partial charge on any atom is 0.282 e. The summed E-state index contributed by atoms with van der Waals surface area (Å²) in [5.41, 5.74) is 1.79. The van der Waals surface area contributed by atoms with E-state index in [0.29, 0.717) is 6.61 Å². The fourth-order valence-corrected chi connectivity index (χ4v) is 2.55. The molecule has 6 heteroatoms. The molecular weight excluding hydrogens is 344 g/mol. The van der Waals surface area contributed by atoms with Crippen LogP contribution in [0.4, 0.5) is 5.69 Å². The van der Waals surface area contributed by atoms with Crippen LogP contribution < -0.4 is 10.1 Å². The lowest BCUT2D eigenvalue weighted by Gasteiger charge is -2.09. The molecule has 0 atom stereocenters. The molecule has 0 bridgehead atoms. The predicted octanol–water partition coefficient (Wildman–Crippen LogP) is 4.10. The maximum absolute atomic E-state index is 12.2. The molecule has 0 radical (unpaired) electrons. The second kappa shape index (κ2) is 8.62. The van der Waals surface area contributed by atoms with Gasteiger partial charge in [0.05, 0.1) is 4.92 Å². The van der Waals surface area contributed by atoms with Crippen molar-refractivity contribution in [1.29, 1.82) is 0 Å². The zero-order valence-corrected chi connectivity index (χ0v) is 14.5. The lowest BCUT2D eigenvalue weighted by Crippen LogP contribution is -2.23. The predicted molar refractivity (Wildman–Crippen MR) is 101 cm³/mol. The van der Waals surface area contributed by atoms with Gasteiger partial charge in [0, 0.05) is 12.6 Å². The lowest BCUT2D eigenvalue weighted by atomic mass is 10.1. The van der Waals surface area contributed by atoms with Crippen LogP contribution in [-0.4, -0.2) is 10.8 Å². The van der Waals surface area contributed by atoms with Crippen LogP contribution in [0.25, 0.3) is 0 Å². The number of para-hydroxylation sites is 1. The van der Waals surface area contributed by atoms with Gasteiger partial charge in [-0.2, -0.15) is 0 Å². The first-order chi connectivity index (χ1) is 13.1. The number of hydrogen-bond donors (Lipinski definition) is 1. The Balaban J connectivity index is 1.56. The molecule has 0 heterocycles. The molecule has 0 aliphatic carbocycles. The molecule has 0 unspecified atom stereocenters. The number of nitro groups is 1. The standard InChI is InChI=1S/C21H18N2O4/c24-21(19-8-4-5-9-20(19)23(25)26)22-14-16-10-12-18(13-11-16)27-15-17-6-2-1-3-7-17/h1-13H,14-15H2,(H,22,24). The van der Waals surface area contributed by atoms with Gasteiger partial charge in [0.1, 0.15) is 17.9 Å². The van der Waals surface area contributed by atoms with Crippen molar-refractivity contribution in [1.82, 2.24) is 5.32 Å². The van der Waals surface area contributed by atoms with Gasteiger partial charge < -0.3 is 10.1 Å². The van der Waals surface area contributed by atoms with Gasteiger partial charge in [-0.25, -0.2) is 0 Å². The number of hydrogen-bond acceptors (Lipinski definition) is 4. The number of nitrogens with zero attached hydrogens (tertiary/aromatic N) is 1. The highest BCUT2D eigenvalue weighted by molar-refractivity contribution is 5.98. The Morgan fingerprint density at radius 2 is 1.56 bits per heavy atom. The van der Waals surface area contributed by atoms with E-state index < -0.39 is 10.8 Å². The zero-order chi connectivity index (χ0) is 19.1. The van der Waals surface area contributed by atoms with Gasteiger partial charge in [-0.1, -0.05) is 54.6 Å². The number of nitro benzene ring substituents is 1. The minimum atomic E-state index is -0.562. The SMILES string of the molecule is O=C(NCc1ccc(OCc2ccccc2)cc1)c1ccccc1[N+](=O)[O-]. The van der Waals surface area contributed by atoms with E-state index in [9.17, 15) is 14.9 Å². The molecule has 0 saturated carbocycles. The van der Waals surface area contributed by atoms with Crippen LogP contribution in [0.15, 0.2) is 78.9 Å². The lowest BCUT2D eigenvalue weighted by molar-refractivity contribution is -0.385. The van der Waals surface area contributed by atoms with Crippen LogP contribution in [0.5, 0.6) is 5.75 Å². The first-order valence-electron chi connectivity index (χ1n) is 8.41. The summed E-state index contributed by atoms with van der Waals surface area (Å²) in [6.45, 7) is 0.748. The second-order valence-corrected chi connectivity index (χ2v) is 5.88. The average Bonchev–Trinajstić information content (AvgIpc) is 2.72. The molecule has 0 aliphatic heterocycles. The molecule has 1 N–H and O–H groups in total. The Morgan fingerprint density at radius 1 is 0.889 bits per heavy atom. The third kappa shape index (κ3) is 4.92. The van der Waals surface area contributed by atoms with Gasteiger partial charge in [-0.3, -0.25) is 14.9 Å². The Labute approximate surface area is 156 Å². The van der Waals surface area contributed by atoms with Crippen molar-refractivity contribution in [2.45, 2.75) is 13.2 Å². The van der Waals surface area contributed by atoms with E-state index >= 15 is 0 Å². The number of carbonyl (C=O) groups is 1. The van der Waals surface area contributed by atoms with Crippen LogP contribution in [-0.2, 0) is 13.2 Å². The maximum atomic E-state index is 12.2. The van der Waals surface area contributed by atoms with Gasteiger partial charge >= 0.3 is 0 Å². The van der Waals surface area contributed by atoms with Gasteiger partial charge in [0.25, 0.3) is 11.6 Å². The fourth-order valence-electron chi connectivity index (χ4n) is 2.55. The zero-order valence-electron chi connectivity index (χ0n) is 14.5. The molecule has 1 amide bonds. The van der Waals surface area contributed by atoms with Crippen molar-refractivity contribution in [3.63, 3.8) is 0 Å². The van der Waals surface area contributed by atoms with Crippen LogP contribution in [0.1, 0.15) is 21.5 Å². The largest absolute Gasteiger partial charge is 0.489 e. The van der Waals surface area contributed by atoms with Gasteiger partial charge in [-0.05, 0) is 29.3 Å². The molecule has 3 rings (SSSR count). The minimum absolute atomic E-state index is 0.0466. The van der Waals surface area contributed by atoms with Crippen molar-refractivity contribution in [2.24, 2.45) is 0 Å². The first kappa shape index (κ1) is 18.1. The molecule has 27 heavy (non-hydrogen) atoms. The summed E-state index contributed by atoms with van der Waals surface area (Å²) in [7, 11) is 0. The van der Waals surface area contributed by atoms with E-state index in [-0.39, 0.29) is 17.8 Å². The monoisotopic (exact) mass is 362 g/mol.